The van der Waals surface area contributed by atoms with Crippen molar-refractivity contribution in [3.8, 4) is 0 Å². The summed E-state index contributed by atoms with van der Waals surface area (Å²) in [6.07, 6.45) is 1.23. The van der Waals surface area contributed by atoms with Crippen molar-refractivity contribution in [2.75, 3.05) is 14.2 Å². The SMILES string of the molecule is COC(OC)c1ccnc(CSc2ccccc2Cl)n1. The number of ether oxygens (including phenoxy) is 2. The lowest BCUT2D eigenvalue weighted by molar-refractivity contribution is -0.108. The predicted molar refractivity (Wildman–Crippen MR) is 79.8 cm³/mol. The van der Waals surface area contributed by atoms with Gasteiger partial charge in [0.2, 0.25) is 6.29 Å². The fraction of sp³-hybridized carbons (Fsp3) is 0.286. The Hall–Kier alpha value is -1.14. The number of rotatable bonds is 6. The Bertz CT molecular complexity index is 564. The zero-order valence-corrected chi connectivity index (χ0v) is 12.8. The van der Waals surface area contributed by atoms with E-state index in [2.05, 4.69) is 9.97 Å². The standard InChI is InChI=1S/C14H15ClN2O2S/c1-18-14(19-2)11-7-8-16-13(17-11)9-20-12-6-4-3-5-10(12)15/h3-8,14H,9H2,1-2H3. The maximum atomic E-state index is 6.12. The highest BCUT2D eigenvalue weighted by molar-refractivity contribution is 7.98. The van der Waals surface area contributed by atoms with Gasteiger partial charge in [0, 0.05) is 25.3 Å². The topological polar surface area (TPSA) is 44.2 Å². The average Bonchev–Trinajstić information content (AvgIpc) is 2.48. The summed E-state index contributed by atoms with van der Waals surface area (Å²) in [5.74, 6) is 1.35. The third-order valence-corrected chi connectivity index (χ3v) is 4.10. The van der Waals surface area contributed by atoms with Gasteiger partial charge in [-0.1, -0.05) is 23.7 Å². The van der Waals surface area contributed by atoms with Crippen LogP contribution in [-0.2, 0) is 15.2 Å². The lowest BCUT2D eigenvalue weighted by Crippen LogP contribution is -2.08. The smallest absolute Gasteiger partial charge is 0.200 e. The van der Waals surface area contributed by atoms with Crippen LogP contribution in [0.1, 0.15) is 17.8 Å². The molecule has 0 radical (unpaired) electrons. The predicted octanol–water partition coefficient (Wildman–Crippen LogP) is 3.71. The van der Waals surface area contributed by atoms with Crippen LogP contribution in [0.5, 0.6) is 0 Å². The lowest BCUT2D eigenvalue weighted by atomic mass is 10.4. The summed E-state index contributed by atoms with van der Waals surface area (Å²) in [5.41, 5.74) is 0.708. The molecule has 0 saturated heterocycles. The summed E-state index contributed by atoms with van der Waals surface area (Å²) < 4.78 is 10.4. The van der Waals surface area contributed by atoms with E-state index in [1.165, 1.54) is 0 Å². The molecule has 20 heavy (non-hydrogen) atoms. The Kier molecular flexibility index (Phi) is 5.79. The molecule has 0 bridgehead atoms. The molecule has 0 fully saturated rings. The van der Waals surface area contributed by atoms with Crippen LogP contribution >= 0.6 is 23.4 Å². The first-order valence-electron chi connectivity index (χ1n) is 5.99. The number of thioether (sulfide) groups is 1. The highest BCUT2D eigenvalue weighted by atomic mass is 35.5. The van der Waals surface area contributed by atoms with Crippen LogP contribution < -0.4 is 0 Å². The summed E-state index contributed by atoms with van der Waals surface area (Å²) >= 11 is 7.71. The van der Waals surface area contributed by atoms with Gasteiger partial charge >= 0.3 is 0 Å². The summed E-state index contributed by atoms with van der Waals surface area (Å²) in [7, 11) is 3.16. The van der Waals surface area contributed by atoms with Crippen LogP contribution in [0.25, 0.3) is 0 Å². The van der Waals surface area contributed by atoms with E-state index in [4.69, 9.17) is 21.1 Å². The number of halogens is 1. The van der Waals surface area contributed by atoms with E-state index in [1.807, 2.05) is 24.3 Å². The van der Waals surface area contributed by atoms with Crippen molar-refractivity contribution in [1.82, 2.24) is 9.97 Å². The number of hydrogen-bond donors (Lipinski definition) is 0. The molecule has 4 nitrogen and oxygen atoms in total. The highest BCUT2D eigenvalue weighted by Crippen LogP contribution is 2.28. The lowest BCUT2D eigenvalue weighted by Gasteiger charge is -2.13. The van der Waals surface area contributed by atoms with E-state index < -0.39 is 6.29 Å². The van der Waals surface area contributed by atoms with E-state index in [-0.39, 0.29) is 0 Å². The Balaban J connectivity index is 2.07. The minimum absolute atomic E-state index is 0.470. The molecule has 0 N–H and O–H groups in total. The van der Waals surface area contributed by atoms with Crippen molar-refractivity contribution in [2.45, 2.75) is 16.9 Å². The summed E-state index contributed by atoms with van der Waals surface area (Å²) in [6, 6.07) is 9.49. The number of aromatic nitrogens is 2. The Morgan fingerprint density at radius 2 is 1.95 bits per heavy atom. The van der Waals surface area contributed by atoms with E-state index in [9.17, 15) is 0 Å². The van der Waals surface area contributed by atoms with Crippen molar-refractivity contribution < 1.29 is 9.47 Å². The van der Waals surface area contributed by atoms with Crippen LogP contribution in [0, 0.1) is 0 Å². The fourth-order valence-corrected chi connectivity index (χ4v) is 2.76. The first-order valence-corrected chi connectivity index (χ1v) is 7.35. The minimum Gasteiger partial charge on any atom is -0.350 e. The first kappa shape index (κ1) is 15.3. The zero-order chi connectivity index (χ0) is 14.4. The summed E-state index contributed by atoms with van der Waals surface area (Å²) in [6.45, 7) is 0. The fourth-order valence-electron chi connectivity index (χ4n) is 1.66. The van der Waals surface area contributed by atoms with Crippen molar-refractivity contribution in [3.05, 3.63) is 53.1 Å². The van der Waals surface area contributed by atoms with Gasteiger partial charge in [-0.15, -0.1) is 11.8 Å². The molecular formula is C14H15ClN2O2S. The summed E-state index contributed by atoms with van der Waals surface area (Å²) in [5, 5.41) is 0.736. The second-order valence-electron chi connectivity index (χ2n) is 3.92. The largest absolute Gasteiger partial charge is 0.350 e. The zero-order valence-electron chi connectivity index (χ0n) is 11.2. The average molecular weight is 311 g/mol. The van der Waals surface area contributed by atoms with Crippen LogP contribution in [0.4, 0.5) is 0 Å². The Labute approximate surface area is 127 Å². The molecule has 0 aliphatic carbocycles. The van der Waals surface area contributed by atoms with E-state index in [0.29, 0.717) is 17.3 Å². The van der Waals surface area contributed by atoms with Crippen LogP contribution in [0.3, 0.4) is 0 Å². The van der Waals surface area contributed by atoms with Gasteiger partial charge in [0.15, 0.2) is 0 Å². The Morgan fingerprint density at radius 3 is 2.65 bits per heavy atom. The molecule has 1 aromatic heterocycles. The van der Waals surface area contributed by atoms with Crippen molar-refractivity contribution in [1.29, 1.82) is 0 Å². The molecule has 0 aliphatic heterocycles. The van der Waals surface area contributed by atoms with Gasteiger partial charge in [0.05, 0.1) is 16.5 Å². The molecule has 0 spiro atoms. The van der Waals surface area contributed by atoms with Crippen LogP contribution in [-0.4, -0.2) is 24.2 Å². The third kappa shape index (κ3) is 3.93. The maximum absolute atomic E-state index is 6.12. The number of methoxy groups -OCH3 is 2. The van der Waals surface area contributed by atoms with Crippen LogP contribution in [0.15, 0.2) is 41.4 Å². The number of nitrogens with zero attached hydrogens (tertiary/aromatic N) is 2. The van der Waals surface area contributed by atoms with Crippen LogP contribution in [0.2, 0.25) is 5.02 Å². The number of hydrogen-bond acceptors (Lipinski definition) is 5. The molecule has 6 heteroatoms. The van der Waals surface area contributed by atoms with Gasteiger partial charge in [0.25, 0.3) is 0 Å². The van der Waals surface area contributed by atoms with E-state index in [1.54, 1.807) is 38.2 Å². The molecule has 1 aromatic carbocycles. The van der Waals surface area contributed by atoms with Gasteiger partial charge in [-0.3, -0.25) is 0 Å². The molecule has 0 aliphatic rings. The second kappa shape index (κ2) is 7.59. The first-order chi connectivity index (χ1) is 9.74. The quantitative estimate of drug-likeness (QED) is 0.601. The molecule has 1 heterocycles. The van der Waals surface area contributed by atoms with Gasteiger partial charge in [-0.05, 0) is 18.2 Å². The molecule has 0 amide bonds. The second-order valence-corrected chi connectivity index (χ2v) is 5.34. The van der Waals surface area contributed by atoms with Gasteiger partial charge < -0.3 is 9.47 Å². The molecule has 2 rings (SSSR count). The highest BCUT2D eigenvalue weighted by Gasteiger charge is 2.11. The molecule has 106 valence electrons. The van der Waals surface area contributed by atoms with Gasteiger partial charge in [0.1, 0.15) is 5.82 Å². The minimum atomic E-state index is -0.470. The summed E-state index contributed by atoms with van der Waals surface area (Å²) in [4.78, 5) is 9.70. The molecule has 0 unspecified atom stereocenters. The normalized spacial score (nSPS) is 11.0. The number of benzene rings is 1. The molecule has 0 saturated carbocycles. The molecular weight excluding hydrogens is 296 g/mol. The third-order valence-electron chi connectivity index (χ3n) is 2.59. The van der Waals surface area contributed by atoms with E-state index in [0.717, 1.165) is 9.92 Å². The Morgan fingerprint density at radius 1 is 1.20 bits per heavy atom. The van der Waals surface area contributed by atoms with Crippen molar-refractivity contribution in [2.24, 2.45) is 0 Å². The van der Waals surface area contributed by atoms with E-state index >= 15 is 0 Å². The van der Waals surface area contributed by atoms with Gasteiger partial charge in [-0.2, -0.15) is 0 Å². The monoisotopic (exact) mass is 310 g/mol. The van der Waals surface area contributed by atoms with Crippen molar-refractivity contribution in [3.63, 3.8) is 0 Å². The van der Waals surface area contributed by atoms with Gasteiger partial charge in [-0.25, -0.2) is 9.97 Å². The van der Waals surface area contributed by atoms with Crippen molar-refractivity contribution >= 4 is 23.4 Å². The molecule has 2 aromatic rings. The molecule has 0 atom stereocenters. The maximum Gasteiger partial charge on any atom is 0.200 e.